The first-order valence-electron chi connectivity index (χ1n) is 13.8. The molecule has 0 radical (unpaired) electrons. The van der Waals surface area contributed by atoms with Crippen LogP contribution in [0.1, 0.15) is 71.7 Å². The topological polar surface area (TPSA) is 145 Å². The Morgan fingerprint density at radius 3 is 2.52 bits per heavy atom. The maximum absolute atomic E-state index is 14.6. The van der Waals surface area contributed by atoms with Crippen molar-refractivity contribution in [1.29, 1.82) is 0 Å². The number of aromatic nitrogens is 4. The number of hydrogen-bond donors (Lipinski definition) is 5. The molecule has 5 N–H and O–H groups in total. The van der Waals surface area contributed by atoms with Crippen LogP contribution in [0.4, 0.5) is 15.9 Å². The highest BCUT2D eigenvalue weighted by atomic mass is 19.1. The van der Waals surface area contributed by atoms with Gasteiger partial charge in [-0.2, -0.15) is 10.2 Å². The maximum atomic E-state index is 14.6. The number of carbonyl (C=O) groups excluding carboxylic acids is 1. The molecule has 11 heteroatoms. The second kappa shape index (κ2) is 14.2. The Labute approximate surface area is 245 Å². The summed E-state index contributed by atoms with van der Waals surface area (Å²) in [6.45, 7) is 15.1. The SMILES string of the molecule is C=C(C)/C(=C\C=C(/C)C(C)(C)COCCO)C(=O)NC(/C=C(\C)c1cc(Nc2cc(C3CC3)[nH]n2)c(=O)[nH]n1)=C(/C)F. The highest BCUT2D eigenvalue weighted by Gasteiger charge is 2.25. The number of aliphatic hydroxyl groups excluding tert-OH is 1. The van der Waals surface area contributed by atoms with Gasteiger partial charge in [0.25, 0.3) is 11.5 Å². The summed E-state index contributed by atoms with van der Waals surface area (Å²) in [6, 6.07) is 3.42. The van der Waals surface area contributed by atoms with Crippen LogP contribution in [-0.4, -0.2) is 51.2 Å². The van der Waals surface area contributed by atoms with Gasteiger partial charge in [-0.3, -0.25) is 14.7 Å². The van der Waals surface area contributed by atoms with E-state index in [1.807, 2.05) is 32.9 Å². The molecule has 2 aromatic rings. The minimum atomic E-state index is -0.607. The van der Waals surface area contributed by atoms with Crippen molar-refractivity contribution in [3.05, 3.63) is 86.9 Å². The van der Waals surface area contributed by atoms with Gasteiger partial charge in [0.05, 0.1) is 31.2 Å². The fraction of sp³-hybridized carbons (Fsp3) is 0.419. The summed E-state index contributed by atoms with van der Waals surface area (Å²) < 4.78 is 20.1. The lowest BCUT2D eigenvalue weighted by Crippen LogP contribution is -2.25. The van der Waals surface area contributed by atoms with Crippen molar-refractivity contribution in [2.75, 3.05) is 25.1 Å². The van der Waals surface area contributed by atoms with Crippen LogP contribution in [0.3, 0.4) is 0 Å². The normalized spacial score (nSPS) is 15.4. The van der Waals surface area contributed by atoms with Crippen LogP contribution < -0.4 is 16.2 Å². The third-order valence-corrected chi connectivity index (χ3v) is 7.04. The highest BCUT2D eigenvalue weighted by molar-refractivity contribution is 5.99. The Morgan fingerprint density at radius 1 is 1.19 bits per heavy atom. The van der Waals surface area contributed by atoms with Gasteiger partial charge in [-0.25, -0.2) is 9.49 Å². The number of rotatable bonds is 14. The number of amides is 1. The number of carbonyl (C=O) groups is 1. The molecule has 226 valence electrons. The van der Waals surface area contributed by atoms with Crippen molar-refractivity contribution >= 4 is 23.0 Å². The van der Waals surface area contributed by atoms with Crippen LogP contribution in [0.2, 0.25) is 0 Å². The van der Waals surface area contributed by atoms with Gasteiger partial charge in [-0.1, -0.05) is 32.1 Å². The van der Waals surface area contributed by atoms with Crippen LogP contribution in [0, 0.1) is 5.41 Å². The smallest absolute Gasteiger partial charge is 0.287 e. The lowest BCUT2D eigenvalue weighted by molar-refractivity contribution is -0.116. The van der Waals surface area contributed by atoms with Crippen LogP contribution >= 0.6 is 0 Å². The van der Waals surface area contributed by atoms with E-state index in [0.717, 1.165) is 24.1 Å². The van der Waals surface area contributed by atoms with Crippen molar-refractivity contribution in [2.24, 2.45) is 5.41 Å². The van der Waals surface area contributed by atoms with Crippen LogP contribution in [-0.2, 0) is 9.53 Å². The Morgan fingerprint density at radius 2 is 1.90 bits per heavy atom. The number of allylic oxidation sites excluding steroid dienone is 5. The third kappa shape index (κ3) is 8.95. The lowest BCUT2D eigenvalue weighted by Gasteiger charge is -2.25. The monoisotopic (exact) mass is 580 g/mol. The van der Waals surface area contributed by atoms with Gasteiger partial charge in [0.15, 0.2) is 5.82 Å². The number of hydrogen-bond acceptors (Lipinski definition) is 7. The van der Waals surface area contributed by atoms with Gasteiger partial charge in [0.2, 0.25) is 0 Å². The van der Waals surface area contributed by atoms with Gasteiger partial charge in [0.1, 0.15) is 11.5 Å². The molecule has 0 aliphatic heterocycles. The number of nitrogens with one attached hydrogen (secondary N) is 4. The summed E-state index contributed by atoms with van der Waals surface area (Å²) in [5.41, 5.74) is 3.05. The molecule has 0 bridgehead atoms. The van der Waals surface area contributed by atoms with Crippen molar-refractivity contribution in [3.63, 3.8) is 0 Å². The number of ether oxygens (including phenoxy) is 1. The van der Waals surface area contributed by atoms with E-state index < -0.39 is 17.3 Å². The molecule has 10 nitrogen and oxygen atoms in total. The van der Waals surface area contributed by atoms with Crippen molar-refractivity contribution in [3.8, 4) is 0 Å². The Kier molecular flexibility index (Phi) is 11.0. The first-order chi connectivity index (χ1) is 19.8. The summed E-state index contributed by atoms with van der Waals surface area (Å²) in [5.74, 6) is -0.139. The molecular formula is C31H41FN6O4. The number of nitrogens with zero attached hydrogens (tertiary/aromatic N) is 2. The number of aromatic amines is 2. The molecule has 0 aromatic carbocycles. The average molecular weight is 581 g/mol. The van der Waals surface area contributed by atoms with Crippen LogP contribution in [0.5, 0.6) is 0 Å². The van der Waals surface area contributed by atoms with Gasteiger partial charge < -0.3 is 20.5 Å². The van der Waals surface area contributed by atoms with Crippen LogP contribution in [0.25, 0.3) is 5.57 Å². The fourth-order valence-corrected chi connectivity index (χ4v) is 3.90. The van der Waals surface area contributed by atoms with Gasteiger partial charge in [-0.15, -0.1) is 0 Å². The molecular weight excluding hydrogens is 539 g/mol. The van der Waals surface area contributed by atoms with E-state index in [1.54, 1.807) is 26.0 Å². The van der Waals surface area contributed by atoms with E-state index in [1.165, 1.54) is 13.0 Å². The van der Waals surface area contributed by atoms with Crippen molar-refractivity contribution in [1.82, 2.24) is 25.7 Å². The summed E-state index contributed by atoms with van der Waals surface area (Å²) in [6.07, 6.45) is 7.14. The molecule has 1 aliphatic rings. The largest absolute Gasteiger partial charge is 0.394 e. The van der Waals surface area contributed by atoms with E-state index in [4.69, 9.17) is 9.84 Å². The highest BCUT2D eigenvalue weighted by Crippen LogP contribution is 2.39. The lowest BCUT2D eigenvalue weighted by atomic mass is 9.85. The first-order valence-corrected chi connectivity index (χ1v) is 13.8. The zero-order valence-corrected chi connectivity index (χ0v) is 25.2. The minimum absolute atomic E-state index is 0.0491. The van der Waals surface area contributed by atoms with Crippen molar-refractivity contribution < 1.29 is 19.0 Å². The molecule has 1 fully saturated rings. The second-order valence-electron chi connectivity index (χ2n) is 11.2. The molecule has 0 atom stereocenters. The summed E-state index contributed by atoms with van der Waals surface area (Å²) in [5, 5.41) is 28.3. The summed E-state index contributed by atoms with van der Waals surface area (Å²) in [7, 11) is 0. The zero-order valence-electron chi connectivity index (χ0n) is 25.2. The predicted octanol–water partition coefficient (Wildman–Crippen LogP) is 5.32. The number of H-pyrrole nitrogens is 2. The number of anilines is 2. The molecule has 1 amide bonds. The van der Waals surface area contributed by atoms with E-state index in [2.05, 4.69) is 37.6 Å². The molecule has 3 rings (SSSR count). The van der Waals surface area contributed by atoms with E-state index in [0.29, 0.717) is 35.2 Å². The summed E-state index contributed by atoms with van der Waals surface area (Å²) >= 11 is 0. The summed E-state index contributed by atoms with van der Waals surface area (Å²) in [4.78, 5) is 25.6. The van der Waals surface area contributed by atoms with Gasteiger partial charge in [-0.05, 0) is 69.9 Å². The minimum Gasteiger partial charge on any atom is -0.394 e. The Balaban J connectivity index is 1.79. The Hall–Kier alpha value is -4.09. The molecule has 0 spiro atoms. The third-order valence-electron chi connectivity index (χ3n) is 7.04. The number of halogens is 1. The van der Waals surface area contributed by atoms with Crippen LogP contribution in [0.15, 0.2) is 70.0 Å². The Bertz CT molecular complexity index is 1490. The molecule has 0 saturated heterocycles. The zero-order chi connectivity index (χ0) is 31.0. The fourth-order valence-electron chi connectivity index (χ4n) is 3.90. The molecule has 1 aliphatic carbocycles. The average Bonchev–Trinajstić information content (AvgIpc) is 3.67. The molecule has 42 heavy (non-hydrogen) atoms. The number of aliphatic hydroxyl groups is 1. The van der Waals surface area contributed by atoms with Crippen molar-refractivity contribution in [2.45, 2.75) is 60.3 Å². The standard InChI is InChI=1S/C31H41FN6O4/c1-18(2)23(11-8-20(4)31(6,7)17-42-13-12-39)29(40)34-25(21(5)32)14-19(3)24-15-27(30(41)38-35-24)33-28-16-26(36-37-28)22-9-10-22/h8,11,14-16,22,39H,1,9-10,12-13,17H2,2-7H3,(H,34,40)(H,38,41)(H2,33,35,36,37)/b19-14+,20-8+,23-11+,25-21-. The molecule has 1 saturated carbocycles. The van der Waals surface area contributed by atoms with E-state index in [-0.39, 0.29) is 35.6 Å². The predicted molar refractivity (Wildman–Crippen MR) is 163 cm³/mol. The molecule has 0 unspecified atom stereocenters. The molecule has 2 aromatic heterocycles. The second-order valence-corrected chi connectivity index (χ2v) is 11.2. The van der Waals surface area contributed by atoms with E-state index in [9.17, 15) is 14.0 Å². The maximum Gasteiger partial charge on any atom is 0.287 e. The quantitative estimate of drug-likeness (QED) is 0.116. The van der Waals surface area contributed by atoms with Gasteiger partial charge in [0, 0.05) is 28.7 Å². The van der Waals surface area contributed by atoms with Gasteiger partial charge >= 0.3 is 0 Å². The molecule has 2 heterocycles. The first kappa shape index (κ1) is 32.4. The van der Waals surface area contributed by atoms with E-state index >= 15 is 0 Å².